The van der Waals surface area contributed by atoms with Crippen LogP contribution >= 0.6 is 0 Å². The Morgan fingerprint density at radius 2 is 1.87 bits per heavy atom. The molecule has 0 radical (unpaired) electrons. The first-order valence-corrected chi connectivity index (χ1v) is 7.88. The third kappa shape index (κ3) is 3.75. The van der Waals surface area contributed by atoms with Crippen LogP contribution in [0, 0.1) is 5.92 Å². The van der Waals surface area contributed by atoms with E-state index in [4.69, 9.17) is 4.98 Å². The number of carbonyl (C=O) groups excluding carboxylic acids is 1. The summed E-state index contributed by atoms with van der Waals surface area (Å²) in [5.74, 6) is 0.393. The van der Waals surface area contributed by atoms with Crippen LogP contribution in [0.1, 0.15) is 20.3 Å². The second-order valence-corrected chi connectivity index (χ2v) is 6.12. The Bertz CT molecular complexity index is 840. The molecule has 1 amide bonds. The molecule has 1 heterocycles. The summed E-state index contributed by atoms with van der Waals surface area (Å²) in [5.41, 5.74) is 3.68. The molecule has 1 aromatic heterocycles. The molecule has 0 aliphatic heterocycles. The molecule has 3 heteroatoms. The molecule has 3 nitrogen and oxygen atoms in total. The van der Waals surface area contributed by atoms with Crippen LogP contribution in [0.4, 0.5) is 5.69 Å². The van der Waals surface area contributed by atoms with Gasteiger partial charge in [-0.25, -0.2) is 4.98 Å². The van der Waals surface area contributed by atoms with Gasteiger partial charge in [-0.2, -0.15) is 0 Å². The van der Waals surface area contributed by atoms with Gasteiger partial charge >= 0.3 is 0 Å². The van der Waals surface area contributed by atoms with Crippen LogP contribution in [-0.2, 0) is 4.79 Å². The predicted molar refractivity (Wildman–Crippen MR) is 95.3 cm³/mol. The summed E-state index contributed by atoms with van der Waals surface area (Å²) in [4.78, 5) is 16.6. The normalized spacial score (nSPS) is 10.9. The van der Waals surface area contributed by atoms with E-state index in [1.165, 1.54) is 0 Å². The van der Waals surface area contributed by atoms with Crippen LogP contribution in [0.2, 0.25) is 0 Å². The first kappa shape index (κ1) is 15.2. The summed E-state index contributed by atoms with van der Waals surface area (Å²) in [7, 11) is 0. The van der Waals surface area contributed by atoms with Crippen LogP contribution in [-0.4, -0.2) is 10.9 Å². The van der Waals surface area contributed by atoms with E-state index in [2.05, 4.69) is 17.4 Å². The molecule has 2 aromatic carbocycles. The zero-order valence-corrected chi connectivity index (χ0v) is 13.4. The number of amides is 1. The molecular weight excluding hydrogens is 284 g/mol. The van der Waals surface area contributed by atoms with E-state index < -0.39 is 0 Å². The van der Waals surface area contributed by atoms with Crippen LogP contribution in [0.15, 0.2) is 60.7 Å². The molecule has 0 spiro atoms. The summed E-state index contributed by atoms with van der Waals surface area (Å²) in [6, 6.07) is 20.0. The van der Waals surface area contributed by atoms with Gasteiger partial charge in [0.05, 0.1) is 11.2 Å². The standard InChI is InChI=1S/C20H20N2O/c1-14(2)12-20(23)21-17-8-5-7-16(13-17)19-11-10-15-6-3-4-9-18(15)22-19/h3-11,13-14H,12H2,1-2H3,(H,21,23). The summed E-state index contributed by atoms with van der Waals surface area (Å²) >= 11 is 0. The van der Waals surface area contributed by atoms with Crippen molar-refractivity contribution < 1.29 is 4.79 Å². The molecule has 1 N–H and O–H groups in total. The van der Waals surface area contributed by atoms with Gasteiger partial charge in [-0.1, -0.05) is 50.2 Å². The molecule has 116 valence electrons. The highest BCUT2D eigenvalue weighted by molar-refractivity contribution is 5.91. The number of nitrogens with one attached hydrogen (secondary N) is 1. The van der Waals surface area contributed by atoms with Gasteiger partial charge < -0.3 is 5.32 Å². The number of anilines is 1. The first-order chi connectivity index (χ1) is 11.1. The number of rotatable bonds is 4. The third-order valence-electron chi connectivity index (χ3n) is 3.63. The molecule has 0 bridgehead atoms. The Hall–Kier alpha value is -2.68. The van der Waals surface area contributed by atoms with Crippen LogP contribution in [0.25, 0.3) is 22.2 Å². The van der Waals surface area contributed by atoms with Gasteiger partial charge in [0.25, 0.3) is 0 Å². The SMILES string of the molecule is CC(C)CC(=O)Nc1cccc(-c2ccc3ccccc3n2)c1. The molecule has 3 aromatic rings. The fourth-order valence-electron chi connectivity index (χ4n) is 2.57. The largest absolute Gasteiger partial charge is 0.326 e. The van der Waals surface area contributed by atoms with E-state index in [0.717, 1.165) is 27.8 Å². The van der Waals surface area contributed by atoms with E-state index >= 15 is 0 Å². The lowest BCUT2D eigenvalue weighted by molar-refractivity contribution is -0.116. The Morgan fingerprint density at radius 3 is 2.70 bits per heavy atom. The summed E-state index contributed by atoms with van der Waals surface area (Å²) in [6.45, 7) is 4.07. The lowest BCUT2D eigenvalue weighted by Gasteiger charge is -2.09. The number of nitrogens with zero attached hydrogens (tertiary/aromatic N) is 1. The van der Waals surface area contributed by atoms with Crippen molar-refractivity contribution in [1.29, 1.82) is 0 Å². The van der Waals surface area contributed by atoms with Crippen molar-refractivity contribution in [1.82, 2.24) is 4.98 Å². The van der Waals surface area contributed by atoms with Crippen LogP contribution < -0.4 is 5.32 Å². The van der Waals surface area contributed by atoms with Crippen molar-refractivity contribution in [3.05, 3.63) is 60.7 Å². The summed E-state index contributed by atoms with van der Waals surface area (Å²) in [6.07, 6.45) is 0.526. The average Bonchev–Trinajstić information content (AvgIpc) is 2.54. The number of carbonyl (C=O) groups is 1. The number of fused-ring (bicyclic) bond motifs is 1. The van der Waals surface area contributed by atoms with E-state index in [1.807, 2.05) is 62.4 Å². The van der Waals surface area contributed by atoms with Gasteiger partial charge in [-0.15, -0.1) is 0 Å². The van der Waals surface area contributed by atoms with Crippen molar-refractivity contribution in [3.8, 4) is 11.3 Å². The molecule has 0 saturated heterocycles. The van der Waals surface area contributed by atoms with Crippen molar-refractivity contribution >= 4 is 22.5 Å². The van der Waals surface area contributed by atoms with E-state index in [0.29, 0.717) is 12.3 Å². The quantitative estimate of drug-likeness (QED) is 0.746. The highest BCUT2D eigenvalue weighted by atomic mass is 16.1. The number of hydrogen-bond donors (Lipinski definition) is 1. The minimum Gasteiger partial charge on any atom is -0.326 e. The molecule has 0 fully saturated rings. The van der Waals surface area contributed by atoms with Gasteiger partial charge in [-0.05, 0) is 30.2 Å². The number of benzene rings is 2. The first-order valence-electron chi connectivity index (χ1n) is 7.88. The highest BCUT2D eigenvalue weighted by Crippen LogP contribution is 2.23. The second-order valence-electron chi connectivity index (χ2n) is 6.12. The van der Waals surface area contributed by atoms with Crippen molar-refractivity contribution in [3.63, 3.8) is 0 Å². The fourth-order valence-corrected chi connectivity index (χ4v) is 2.57. The molecule has 3 rings (SSSR count). The van der Waals surface area contributed by atoms with Gasteiger partial charge in [0.1, 0.15) is 0 Å². The maximum absolute atomic E-state index is 11.9. The number of para-hydroxylation sites is 1. The molecule has 0 aliphatic rings. The second kappa shape index (κ2) is 6.61. The van der Waals surface area contributed by atoms with Crippen molar-refractivity contribution in [2.24, 2.45) is 5.92 Å². The lowest BCUT2D eigenvalue weighted by atomic mass is 10.1. The molecular formula is C20H20N2O. The summed E-state index contributed by atoms with van der Waals surface area (Å²) in [5, 5.41) is 4.08. The fraction of sp³-hybridized carbons (Fsp3) is 0.200. The number of pyridine rings is 1. The summed E-state index contributed by atoms with van der Waals surface area (Å²) < 4.78 is 0. The zero-order valence-electron chi connectivity index (χ0n) is 13.4. The Labute approximate surface area is 136 Å². The van der Waals surface area contributed by atoms with E-state index in [-0.39, 0.29) is 5.91 Å². The lowest BCUT2D eigenvalue weighted by Crippen LogP contribution is -2.13. The van der Waals surface area contributed by atoms with Crippen LogP contribution in [0.5, 0.6) is 0 Å². The van der Waals surface area contributed by atoms with Crippen molar-refractivity contribution in [2.45, 2.75) is 20.3 Å². The Balaban J connectivity index is 1.87. The van der Waals surface area contributed by atoms with E-state index in [9.17, 15) is 4.79 Å². The molecule has 0 aliphatic carbocycles. The molecule has 0 atom stereocenters. The number of hydrogen-bond acceptors (Lipinski definition) is 2. The maximum atomic E-state index is 11.9. The molecule has 0 unspecified atom stereocenters. The minimum atomic E-state index is 0.0450. The van der Waals surface area contributed by atoms with Crippen LogP contribution in [0.3, 0.4) is 0 Å². The Morgan fingerprint density at radius 1 is 1.04 bits per heavy atom. The van der Waals surface area contributed by atoms with Gasteiger partial charge in [-0.3, -0.25) is 4.79 Å². The van der Waals surface area contributed by atoms with E-state index in [1.54, 1.807) is 0 Å². The van der Waals surface area contributed by atoms with Gasteiger partial charge in [0.15, 0.2) is 0 Å². The van der Waals surface area contributed by atoms with Gasteiger partial charge in [0, 0.05) is 23.1 Å². The topological polar surface area (TPSA) is 42.0 Å². The average molecular weight is 304 g/mol. The smallest absolute Gasteiger partial charge is 0.224 e. The maximum Gasteiger partial charge on any atom is 0.224 e. The number of aromatic nitrogens is 1. The van der Waals surface area contributed by atoms with Crippen molar-refractivity contribution in [2.75, 3.05) is 5.32 Å². The predicted octanol–water partition coefficient (Wildman–Crippen LogP) is 4.89. The van der Waals surface area contributed by atoms with Gasteiger partial charge in [0.2, 0.25) is 5.91 Å². The highest BCUT2D eigenvalue weighted by Gasteiger charge is 2.07. The zero-order chi connectivity index (χ0) is 16.2. The molecule has 23 heavy (non-hydrogen) atoms. The minimum absolute atomic E-state index is 0.0450. The molecule has 0 saturated carbocycles. The monoisotopic (exact) mass is 304 g/mol. The third-order valence-corrected chi connectivity index (χ3v) is 3.63. The Kier molecular flexibility index (Phi) is 4.38.